The third-order valence-electron chi connectivity index (χ3n) is 0.963. The molecule has 0 saturated carbocycles. The quantitative estimate of drug-likeness (QED) is 0.408. The fraction of sp³-hybridized carbons (Fsp3) is 0.571. The molecule has 0 bridgehead atoms. The molecular formula is C7H14O3. The molecule has 0 aromatic rings. The molecule has 0 saturated heterocycles. The third-order valence-corrected chi connectivity index (χ3v) is 0.963. The van der Waals surface area contributed by atoms with Crippen molar-refractivity contribution < 1.29 is 14.7 Å². The largest absolute Gasteiger partial charge is 0.549 e. The first-order valence-corrected chi connectivity index (χ1v) is 2.27. The van der Waals surface area contributed by atoms with Crippen LogP contribution in [0.2, 0.25) is 0 Å². The van der Waals surface area contributed by atoms with Crippen molar-refractivity contribution in [3.05, 3.63) is 7.43 Å². The Morgan fingerprint density at radius 1 is 1.40 bits per heavy atom. The number of aliphatic carboxylic acids is 1. The van der Waals surface area contributed by atoms with Crippen molar-refractivity contribution in [1.82, 2.24) is 0 Å². The summed E-state index contributed by atoms with van der Waals surface area (Å²) in [5.41, 5.74) is 0. The van der Waals surface area contributed by atoms with E-state index in [1.54, 1.807) is 0 Å². The van der Waals surface area contributed by atoms with Gasteiger partial charge < -0.3 is 9.90 Å². The smallest absolute Gasteiger partial charge is 0.138 e. The topological polar surface area (TPSA) is 57.2 Å². The highest BCUT2D eigenvalue weighted by molar-refractivity contribution is 5.95. The predicted octanol–water partition coefficient (Wildman–Crippen LogP) is 0.0478. The lowest BCUT2D eigenvalue weighted by molar-refractivity contribution is -0.309. The van der Waals surface area contributed by atoms with Crippen LogP contribution >= 0.6 is 0 Å². The standard InChI is InChI=1S/C5H8O3.CH4.CH3/c1-3(4(2)6)5(7)8;;/h3H,1-2H3,(H,7,8);1H4;1H3/q;;+1/p-1. The molecule has 0 aliphatic heterocycles. The van der Waals surface area contributed by atoms with Crippen molar-refractivity contribution in [1.29, 1.82) is 0 Å². The molecule has 0 aromatic heterocycles. The lowest BCUT2D eigenvalue weighted by Crippen LogP contribution is -2.33. The van der Waals surface area contributed by atoms with Gasteiger partial charge in [0.25, 0.3) is 0 Å². The van der Waals surface area contributed by atoms with Crippen LogP contribution in [0.15, 0.2) is 0 Å². The van der Waals surface area contributed by atoms with Gasteiger partial charge in [0, 0.05) is 7.43 Å². The molecule has 0 spiro atoms. The summed E-state index contributed by atoms with van der Waals surface area (Å²) in [7, 11) is 0. The summed E-state index contributed by atoms with van der Waals surface area (Å²) >= 11 is 0. The Hall–Kier alpha value is -0.990. The predicted molar refractivity (Wildman–Crippen MR) is 38.0 cm³/mol. The van der Waals surface area contributed by atoms with Gasteiger partial charge in [-0.15, -0.1) is 0 Å². The molecule has 10 heavy (non-hydrogen) atoms. The van der Waals surface area contributed by atoms with Crippen LogP contribution in [0, 0.1) is 13.3 Å². The van der Waals surface area contributed by atoms with E-state index in [1.807, 2.05) is 0 Å². The highest BCUT2D eigenvalue weighted by Crippen LogP contribution is 1.91. The second-order valence-corrected chi connectivity index (χ2v) is 1.65. The van der Waals surface area contributed by atoms with Gasteiger partial charge in [-0.3, -0.25) is 4.79 Å². The molecule has 3 nitrogen and oxygen atoms in total. The van der Waals surface area contributed by atoms with E-state index in [0.29, 0.717) is 0 Å². The molecule has 0 aliphatic rings. The van der Waals surface area contributed by atoms with Crippen LogP contribution in [-0.2, 0) is 9.59 Å². The van der Waals surface area contributed by atoms with Gasteiger partial charge in [0.1, 0.15) is 5.78 Å². The summed E-state index contributed by atoms with van der Waals surface area (Å²) in [6.07, 6.45) is 0. The highest BCUT2D eigenvalue weighted by Gasteiger charge is 2.06. The molecule has 0 amide bonds. The Kier molecular flexibility index (Phi) is 9.82. The van der Waals surface area contributed by atoms with Crippen LogP contribution < -0.4 is 5.11 Å². The van der Waals surface area contributed by atoms with Crippen molar-refractivity contribution >= 4 is 11.8 Å². The van der Waals surface area contributed by atoms with Crippen LogP contribution in [0.1, 0.15) is 21.3 Å². The van der Waals surface area contributed by atoms with Crippen LogP contribution in [0.5, 0.6) is 0 Å². The molecule has 60 valence electrons. The van der Waals surface area contributed by atoms with Crippen LogP contribution in [0.3, 0.4) is 0 Å². The van der Waals surface area contributed by atoms with Crippen LogP contribution in [0.4, 0.5) is 0 Å². The van der Waals surface area contributed by atoms with E-state index in [9.17, 15) is 14.7 Å². The Morgan fingerprint density at radius 3 is 1.70 bits per heavy atom. The zero-order chi connectivity index (χ0) is 6.73. The van der Waals surface area contributed by atoms with Crippen LogP contribution in [0.25, 0.3) is 0 Å². The Morgan fingerprint density at radius 2 is 1.70 bits per heavy atom. The van der Waals surface area contributed by atoms with Gasteiger partial charge in [0.15, 0.2) is 0 Å². The fourth-order valence-electron chi connectivity index (χ4n) is 0.166. The maximum Gasteiger partial charge on any atom is 0.138 e. The maximum absolute atomic E-state index is 10.2. The first-order valence-electron chi connectivity index (χ1n) is 2.27. The van der Waals surface area contributed by atoms with Crippen molar-refractivity contribution in [3.63, 3.8) is 0 Å². The Bertz CT molecular complexity index is 104. The average Bonchev–Trinajstić information content (AvgIpc) is 1.64. The number of rotatable bonds is 2. The van der Waals surface area contributed by atoms with Crippen molar-refractivity contribution in [2.45, 2.75) is 21.3 Å². The van der Waals surface area contributed by atoms with Gasteiger partial charge in [-0.25, -0.2) is 0 Å². The summed E-state index contributed by atoms with van der Waals surface area (Å²) in [5, 5.41) is 9.81. The minimum atomic E-state index is -1.31. The number of carbonyl (C=O) groups is 2. The SMILES string of the molecule is C.CC(=O)C(C)C(=O)[O-].[CH3+]. The summed E-state index contributed by atoms with van der Waals surface area (Å²) in [6, 6.07) is 0. The zero-order valence-corrected chi connectivity index (χ0v) is 5.80. The number of hydrogen-bond donors (Lipinski definition) is 0. The Balaban J connectivity index is -0.000000245. The van der Waals surface area contributed by atoms with E-state index in [-0.39, 0.29) is 20.6 Å². The number of hydrogen-bond acceptors (Lipinski definition) is 3. The lowest BCUT2D eigenvalue weighted by atomic mass is 10.1. The molecule has 0 N–H and O–H groups in total. The van der Waals surface area contributed by atoms with Gasteiger partial charge >= 0.3 is 0 Å². The summed E-state index contributed by atoms with van der Waals surface area (Å²) < 4.78 is 0. The van der Waals surface area contributed by atoms with Gasteiger partial charge in [-0.2, -0.15) is 0 Å². The molecular weight excluding hydrogens is 132 g/mol. The van der Waals surface area contributed by atoms with E-state index in [2.05, 4.69) is 0 Å². The van der Waals surface area contributed by atoms with Gasteiger partial charge in [0.05, 0.1) is 11.9 Å². The monoisotopic (exact) mass is 146 g/mol. The minimum absolute atomic E-state index is 0. The van der Waals surface area contributed by atoms with E-state index in [1.165, 1.54) is 13.8 Å². The molecule has 0 rings (SSSR count). The van der Waals surface area contributed by atoms with Gasteiger partial charge in [-0.1, -0.05) is 14.4 Å². The van der Waals surface area contributed by atoms with E-state index in [4.69, 9.17) is 0 Å². The molecule has 0 radical (unpaired) electrons. The van der Waals surface area contributed by atoms with Crippen molar-refractivity contribution in [2.24, 2.45) is 5.92 Å². The summed E-state index contributed by atoms with van der Waals surface area (Å²) in [5.74, 6) is -2.64. The maximum atomic E-state index is 10.2. The van der Waals surface area contributed by atoms with Gasteiger partial charge in [-0.05, 0) is 6.92 Å². The number of carboxylic acid groups (broad SMARTS) is 1. The van der Waals surface area contributed by atoms with E-state index >= 15 is 0 Å². The van der Waals surface area contributed by atoms with Crippen LogP contribution in [-0.4, -0.2) is 11.8 Å². The van der Waals surface area contributed by atoms with E-state index < -0.39 is 11.9 Å². The molecule has 1 atom stereocenters. The number of carbonyl (C=O) groups excluding carboxylic acids is 2. The second-order valence-electron chi connectivity index (χ2n) is 1.65. The molecule has 0 aromatic carbocycles. The minimum Gasteiger partial charge on any atom is -0.549 e. The highest BCUT2D eigenvalue weighted by atomic mass is 16.4. The summed E-state index contributed by atoms with van der Waals surface area (Å²) in [4.78, 5) is 20.0. The normalized spacial score (nSPS) is 10.2. The third kappa shape index (κ3) is 5.15. The number of carboxylic acids is 1. The fourth-order valence-corrected chi connectivity index (χ4v) is 0.166. The number of Topliss-reactive ketones (excluding diaryl/α,β-unsaturated/α-hetero) is 1. The zero-order valence-electron chi connectivity index (χ0n) is 5.80. The van der Waals surface area contributed by atoms with Gasteiger partial charge in [0.2, 0.25) is 0 Å². The second kappa shape index (κ2) is 6.13. The lowest BCUT2D eigenvalue weighted by Gasteiger charge is -2.05. The molecule has 3 heteroatoms. The first kappa shape index (κ1) is 16.0. The average molecular weight is 146 g/mol. The molecule has 0 aliphatic carbocycles. The van der Waals surface area contributed by atoms with Crippen molar-refractivity contribution in [2.75, 3.05) is 0 Å². The molecule has 0 heterocycles. The summed E-state index contributed by atoms with van der Waals surface area (Å²) in [6.45, 7) is 2.53. The molecule has 1 unspecified atom stereocenters. The molecule has 0 fully saturated rings. The first-order chi connectivity index (χ1) is 3.55. The number of ketones is 1. The van der Waals surface area contributed by atoms with Crippen molar-refractivity contribution in [3.8, 4) is 0 Å². The Labute approximate surface area is 62.1 Å². The van der Waals surface area contributed by atoms with E-state index in [0.717, 1.165) is 0 Å².